The minimum Gasteiger partial charge on any atom is -0.356 e. The normalized spacial score (nSPS) is 21.2. The van der Waals surface area contributed by atoms with Crippen LogP contribution in [0.3, 0.4) is 0 Å². The molecule has 0 radical (unpaired) electrons. The molecule has 1 aliphatic heterocycles. The zero-order valence-corrected chi connectivity index (χ0v) is 20.2. The van der Waals surface area contributed by atoms with Crippen LogP contribution in [0.4, 0.5) is 0 Å². The number of benzene rings is 1. The molecule has 2 amide bonds. The average molecular weight is 498 g/mol. The first-order chi connectivity index (χ1) is 15.8. The Balaban J connectivity index is 1.68. The van der Waals surface area contributed by atoms with Crippen molar-refractivity contribution in [3.63, 3.8) is 0 Å². The van der Waals surface area contributed by atoms with Crippen LogP contribution in [0.1, 0.15) is 56.9 Å². The van der Waals surface area contributed by atoms with Gasteiger partial charge in [-0.25, -0.2) is 13.1 Å². The number of carbonyl (C=O) groups excluding carboxylic acids is 3. The van der Waals surface area contributed by atoms with Crippen molar-refractivity contribution < 1.29 is 22.8 Å². The fraction of sp³-hybridized carbons (Fsp3) is 0.609. The highest BCUT2D eigenvalue weighted by Crippen LogP contribution is 2.28. The fourth-order valence-electron chi connectivity index (χ4n) is 4.63. The van der Waals surface area contributed by atoms with Crippen molar-refractivity contribution in [2.75, 3.05) is 6.54 Å². The van der Waals surface area contributed by atoms with Crippen molar-refractivity contribution in [3.8, 4) is 0 Å². The minimum absolute atomic E-state index is 0.126. The number of amides is 2. The summed E-state index contributed by atoms with van der Waals surface area (Å²) in [6, 6.07) is 4.67. The van der Waals surface area contributed by atoms with Gasteiger partial charge >= 0.3 is 0 Å². The van der Waals surface area contributed by atoms with Crippen molar-refractivity contribution in [2.24, 2.45) is 11.8 Å². The molecule has 1 heterocycles. The summed E-state index contributed by atoms with van der Waals surface area (Å²) in [5, 5.41) is 5.89. The molecule has 0 aromatic heterocycles. The summed E-state index contributed by atoms with van der Waals surface area (Å²) >= 11 is 5.88. The number of nitrogens with one attached hydrogen (secondary N) is 3. The van der Waals surface area contributed by atoms with Crippen LogP contribution in [0.25, 0.3) is 0 Å². The lowest BCUT2D eigenvalue weighted by Gasteiger charge is -2.27. The van der Waals surface area contributed by atoms with Gasteiger partial charge in [0, 0.05) is 17.5 Å². The predicted octanol–water partition coefficient (Wildman–Crippen LogP) is 2.31. The zero-order valence-electron chi connectivity index (χ0n) is 18.6. The Labute approximate surface area is 200 Å². The smallest absolute Gasteiger partial charge is 0.238 e. The number of carbonyl (C=O) groups is 3. The molecule has 33 heavy (non-hydrogen) atoms. The molecule has 10 heteroatoms. The Morgan fingerprint density at radius 2 is 1.82 bits per heavy atom. The molecule has 1 aromatic carbocycles. The van der Waals surface area contributed by atoms with E-state index in [1.54, 1.807) is 24.3 Å². The topological polar surface area (TPSA) is 121 Å². The van der Waals surface area contributed by atoms with Gasteiger partial charge in [0.25, 0.3) is 0 Å². The number of sulfonamides is 1. The second-order valence-corrected chi connectivity index (χ2v) is 11.2. The molecule has 3 rings (SSSR count). The number of rotatable bonds is 11. The van der Waals surface area contributed by atoms with Crippen molar-refractivity contribution in [3.05, 3.63) is 34.9 Å². The molecule has 2 fully saturated rings. The van der Waals surface area contributed by atoms with E-state index in [9.17, 15) is 22.8 Å². The van der Waals surface area contributed by atoms with Gasteiger partial charge in [-0.1, -0.05) is 55.8 Å². The second-order valence-electron chi connectivity index (χ2n) is 9.06. The maximum absolute atomic E-state index is 13.1. The van der Waals surface area contributed by atoms with Gasteiger partial charge in [0.15, 0.2) is 0 Å². The summed E-state index contributed by atoms with van der Waals surface area (Å²) < 4.78 is 28.3. The van der Waals surface area contributed by atoms with E-state index in [1.807, 2.05) is 0 Å². The van der Waals surface area contributed by atoms with Gasteiger partial charge in [-0.05, 0) is 42.9 Å². The van der Waals surface area contributed by atoms with Crippen molar-refractivity contribution in [1.29, 1.82) is 0 Å². The van der Waals surface area contributed by atoms with Crippen LogP contribution in [-0.2, 0) is 30.2 Å². The lowest BCUT2D eigenvalue weighted by atomic mass is 9.85. The molecule has 8 nitrogen and oxygen atoms in total. The van der Waals surface area contributed by atoms with Gasteiger partial charge < -0.3 is 15.4 Å². The molecular weight excluding hydrogens is 466 g/mol. The Kier molecular flexibility index (Phi) is 9.28. The molecule has 0 bridgehead atoms. The monoisotopic (exact) mass is 497 g/mol. The van der Waals surface area contributed by atoms with E-state index in [4.69, 9.17) is 11.6 Å². The molecule has 1 saturated carbocycles. The SMILES string of the molecule is O=C[C@H](C[C@@H]1CCNC1=O)NC(=O)[C@H](CC1CCCCC1)NS(=O)(=O)Cc1ccc(Cl)cc1. The van der Waals surface area contributed by atoms with Gasteiger partial charge in [0.2, 0.25) is 21.8 Å². The zero-order chi connectivity index (χ0) is 23.8. The van der Waals surface area contributed by atoms with Gasteiger partial charge in [0.05, 0.1) is 11.8 Å². The molecule has 182 valence electrons. The molecule has 1 aromatic rings. The Morgan fingerprint density at radius 1 is 1.12 bits per heavy atom. The Morgan fingerprint density at radius 3 is 2.42 bits per heavy atom. The molecule has 3 atom stereocenters. The maximum Gasteiger partial charge on any atom is 0.238 e. The molecular formula is C23H32ClN3O5S. The first-order valence-corrected chi connectivity index (χ1v) is 13.6. The quantitative estimate of drug-likeness (QED) is 0.405. The Bertz CT molecular complexity index is 932. The van der Waals surface area contributed by atoms with Gasteiger partial charge in [0.1, 0.15) is 12.3 Å². The second kappa shape index (κ2) is 11.9. The van der Waals surface area contributed by atoms with Crippen molar-refractivity contribution >= 4 is 39.7 Å². The van der Waals surface area contributed by atoms with Crippen LogP contribution in [0.2, 0.25) is 5.02 Å². The van der Waals surface area contributed by atoms with Crippen molar-refractivity contribution in [2.45, 2.75) is 69.2 Å². The number of aldehydes is 1. The van der Waals surface area contributed by atoms with Crippen LogP contribution in [0.15, 0.2) is 24.3 Å². The molecule has 2 aliphatic rings. The summed E-state index contributed by atoms with van der Waals surface area (Å²) in [7, 11) is -3.82. The summed E-state index contributed by atoms with van der Waals surface area (Å²) in [6.07, 6.45) is 6.96. The Hall–Kier alpha value is -1.97. The van der Waals surface area contributed by atoms with E-state index >= 15 is 0 Å². The van der Waals surface area contributed by atoms with Crippen LogP contribution in [0.5, 0.6) is 0 Å². The van der Waals surface area contributed by atoms with Crippen molar-refractivity contribution in [1.82, 2.24) is 15.4 Å². The highest BCUT2D eigenvalue weighted by molar-refractivity contribution is 7.88. The average Bonchev–Trinajstić information content (AvgIpc) is 3.19. The summed E-state index contributed by atoms with van der Waals surface area (Å²) in [6.45, 7) is 0.553. The largest absolute Gasteiger partial charge is 0.356 e. The molecule has 0 unspecified atom stereocenters. The summed E-state index contributed by atoms with van der Waals surface area (Å²) in [5.41, 5.74) is 0.557. The third-order valence-corrected chi connectivity index (χ3v) is 8.00. The lowest BCUT2D eigenvalue weighted by molar-refractivity contribution is -0.127. The third kappa shape index (κ3) is 8.08. The van der Waals surface area contributed by atoms with E-state index in [1.165, 1.54) is 0 Å². The summed E-state index contributed by atoms with van der Waals surface area (Å²) in [4.78, 5) is 36.6. The standard InChI is InChI=1S/C23H32ClN3O5S/c24-19-8-6-17(7-9-19)15-33(31,32)27-21(12-16-4-2-1-3-5-16)23(30)26-20(14-28)13-18-10-11-25-22(18)29/h6-9,14,16,18,20-21,27H,1-5,10-13,15H2,(H,25,29)(H,26,30)/t18-,20-,21-/m0/s1. The van der Waals surface area contributed by atoms with Crippen LogP contribution in [-0.4, -0.2) is 45.1 Å². The molecule has 0 spiro atoms. The fourth-order valence-corrected chi connectivity index (χ4v) is 6.11. The van der Waals surface area contributed by atoms with E-state index in [0.29, 0.717) is 36.3 Å². The van der Waals surface area contributed by atoms with Gasteiger partial charge in [-0.15, -0.1) is 0 Å². The molecule has 3 N–H and O–H groups in total. The maximum atomic E-state index is 13.1. The van der Waals surface area contributed by atoms with Gasteiger partial charge in [-0.2, -0.15) is 0 Å². The van der Waals surface area contributed by atoms with Crippen LogP contribution < -0.4 is 15.4 Å². The van der Waals surface area contributed by atoms with Crippen LogP contribution >= 0.6 is 11.6 Å². The third-order valence-electron chi connectivity index (χ3n) is 6.40. The van der Waals surface area contributed by atoms with E-state index in [-0.39, 0.29) is 29.9 Å². The van der Waals surface area contributed by atoms with E-state index in [2.05, 4.69) is 15.4 Å². The number of halogens is 1. The van der Waals surface area contributed by atoms with E-state index in [0.717, 1.165) is 32.1 Å². The molecule has 1 aliphatic carbocycles. The summed E-state index contributed by atoms with van der Waals surface area (Å²) in [5.74, 6) is -1.03. The molecule has 1 saturated heterocycles. The first-order valence-electron chi connectivity index (χ1n) is 11.5. The minimum atomic E-state index is -3.82. The van der Waals surface area contributed by atoms with Crippen LogP contribution in [0, 0.1) is 11.8 Å². The van der Waals surface area contributed by atoms with E-state index < -0.39 is 28.0 Å². The lowest BCUT2D eigenvalue weighted by Crippen LogP contribution is -2.51. The number of hydrogen-bond acceptors (Lipinski definition) is 5. The highest BCUT2D eigenvalue weighted by Gasteiger charge is 2.32. The van der Waals surface area contributed by atoms with Gasteiger partial charge in [-0.3, -0.25) is 9.59 Å². The predicted molar refractivity (Wildman–Crippen MR) is 126 cm³/mol. The highest BCUT2D eigenvalue weighted by atomic mass is 35.5. The number of hydrogen-bond donors (Lipinski definition) is 3. The first kappa shape index (κ1) is 25.6.